The molecule has 4 aliphatic rings. The fourth-order valence-corrected chi connectivity index (χ4v) is 4.89. The van der Waals surface area contributed by atoms with E-state index >= 15 is 0 Å². The molecule has 4 unspecified atom stereocenters. The number of alkyl halides is 3. The Bertz CT molecular complexity index is 425. The van der Waals surface area contributed by atoms with Crippen LogP contribution < -0.4 is 0 Å². The summed E-state index contributed by atoms with van der Waals surface area (Å²) in [5.74, 6) is -1.29. The number of hydrogen-bond donors (Lipinski definition) is 0. The van der Waals surface area contributed by atoms with Crippen molar-refractivity contribution < 1.29 is 22.7 Å². The van der Waals surface area contributed by atoms with Gasteiger partial charge in [0.2, 0.25) is 0 Å². The molecule has 2 heterocycles. The van der Waals surface area contributed by atoms with Gasteiger partial charge in [-0.15, -0.1) is 0 Å². The maximum absolute atomic E-state index is 12.8. The van der Waals surface area contributed by atoms with Crippen molar-refractivity contribution >= 4 is 5.91 Å². The van der Waals surface area contributed by atoms with E-state index in [1.165, 1.54) is 0 Å². The van der Waals surface area contributed by atoms with Crippen molar-refractivity contribution in [2.45, 2.75) is 62.4 Å². The van der Waals surface area contributed by atoms with Gasteiger partial charge < -0.3 is 9.64 Å². The Balaban J connectivity index is 1.96. The van der Waals surface area contributed by atoms with Crippen LogP contribution in [0.4, 0.5) is 13.2 Å². The first-order valence-corrected chi connectivity index (χ1v) is 6.65. The number of ether oxygens (including phenoxy) is 1. The summed E-state index contributed by atoms with van der Waals surface area (Å²) in [6, 6.07) is -0.319. The van der Waals surface area contributed by atoms with Crippen LogP contribution >= 0.6 is 0 Å². The second-order valence-electron chi connectivity index (χ2n) is 6.60. The van der Waals surface area contributed by atoms with Gasteiger partial charge in [0.15, 0.2) is 0 Å². The molecule has 6 heteroatoms. The van der Waals surface area contributed by atoms with E-state index in [1.54, 1.807) is 14.0 Å². The van der Waals surface area contributed by atoms with Crippen LogP contribution in [0.25, 0.3) is 0 Å². The molecule has 2 saturated heterocycles. The molecule has 4 atom stereocenters. The van der Waals surface area contributed by atoms with Crippen molar-refractivity contribution in [2.75, 3.05) is 7.11 Å². The van der Waals surface area contributed by atoms with E-state index in [-0.39, 0.29) is 11.6 Å². The maximum atomic E-state index is 12.8. The molecule has 0 spiro atoms. The second-order valence-corrected chi connectivity index (χ2v) is 6.60. The van der Waals surface area contributed by atoms with Crippen molar-refractivity contribution in [3.8, 4) is 0 Å². The average molecular weight is 277 g/mol. The Morgan fingerprint density at radius 1 is 1.32 bits per heavy atom. The molecule has 108 valence electrons. The standard InChI is InChI=1S/C13H18F3NO2/c1-11-4-8-3-9(6-12(5-8,7-11)19-2)17(11)10(18)13(14,15)16/h8-9H,3-7H2,1-2H3. The molecule has 1 amide bonds. The number of carbonyl (C=O) groups excluding carboxylic acids is 1. The van der Waals surface area contributed by atoms with Gasteiger partial charge in [0.25, 0.3) is 0 Å². The van der Waals surface area contributed by atoms with Gasteiger partial charge in [0.1, 0.15) is 0 Å². The molecule has 19 heavy (non-hydrogen) atoms. The summed E-state index contributed by atoms with van der Waals surface area (Å²) in [5, 5.41) is 0. The monoisotopic (exact) mass is 277 g/mol. The smallest absolute Gasteiger partial charge is 0.378 e. The third-order valence-electron chi connectivity index (χ3n) is 5.15. The lowest BCUT2D eigenvalue weighted by Crippen LogP contribution is -2.72. The first kappa shape index (κ1) is 13.2. The van der Waals surface area contributed by atoms with Gasteiger partial charge in [0.05, 0.1) is 5.60 Å². The fraction of sp³-hybridized carbons (Fsp3) is 0.923. The average Bonchev–Trinajstić information content (AvgIpc) is 2.24. The summed E-state index contributed by atoms with van der Waals surface area (Å²) in [6.45, 7) is 1.78. The normalized spacial score (nSPS) is 44.8. The van der Waals surface area contributed by atoms with Crippen LogP contribution in [-0.4, -0.2) is 41.3 Å². The summed E-state index contributed by atoms with van der Waals surface area (Å²) >= 11 is 0. The third-order valence-corrected chi connectivity index (χ3v) is 5.15. The van der Waals surface area contributed by atoms with E-state index in [0.29, 0.717) is 31.6 Å². The zero-order chi connectivity index (χ0) is 14.1. The van der Waals surface area contributed by atoms with Crippen LogP contribution in [0.3, 0.4) is 0 Å². The van der Waals surface area contributed by atoms with Crippen LogP contribution in [0.2, 0.25) is 0 Å². The van der Waals surface area contributed by atoms with Crippen molar-refractivity contribution in [3.63, 3.8) is 0 Å². The Labute approximate surface area is 110 Å². The quantitative estimate of drug-likeness (QED) is 0.737. The summed E-state index contributed by atoms with van der Waals surface area (Å²) in [4.78, 5) is 12.8. The molecule has 0 radical (unpaired) electrons. The first-order chi connectivity index (χ1) is 8.69. The van der Waals surface area contributed by atoms with Crippen LogP contribution in [-0.2, 0) is 9.53 Å². The Morgan fingerprint density at radius 3 is 2.53 bits per heavy atom. The van der Waals surface area contributed by atoms with E-state index in [2.05, 4.69) is 0 Å². The maximum Gasteiger partial charge on any atom is 0.471 e. The zero-order valence-corrected chi connectivity index (χ0v) is 11.1. The number of rotatable bonds is 1. The highest BCUT2D eigenvalue weighted by atomic mass is 19.4. The number of carbonyl (C=O) groups is 1. The molecule has 4 fully saturated rings. The highest BCUT2D eigenvalue weighted by molar-refractivity contribution is 5.83. The van der Waals surface area contributed by atoms with Crippen LogP contribution in [0.1, 0.15) is 39.0 Å². The van der Waals surface area contributed by atoms with Gasteiger partial charge >= 0.3 is 12.1 Å². The number of amides is 1. The van der Waals surface area contributed by atoms with E-state index in [1.807, 2.05) is 0 Å². The fourth-order valence-electron chi connectivity index (χ4n) is 4.89. The van der Waals surface area contributed by atoms with E-state index in [0.717, 1.165) is 11.3 Å². The molecule has 0 aromatic carbocycles. The van der Waals surface area contributed by atoms with Crippen LogP contribution in [0, 0.1) is 5.92 Å². The zero-order valence-electron chi connectivity index (χ0n) is 11.1. The SMILES string of the molecule is COC12CC3CC(C1)N(C(=O)C(F)(F)F)C(C)(C3)C2. The van der Waals surface area contributed by atoms with Crippen molar-refractivity contribution in [2.24, 2.45) is 5.92 Å². The molecule has 2 saturated carbocycles. The number of piperidine rings is 2. The predicted molar refractivity (Wildman–Crippen MR) is 61.4 cm³/mol. The molecule has 0 aromatic heterocycles. The highest BCUT2D eigenvalue weighted by Gasteiger charge is 2.64. The number of hydrogen-bond acceptors (Lipinski definition) is 2. The molecule has 2 aliphatic heterocycles. The van der Waals surface area contributed by atoms with Gasteiger partial charge in [-0.3, -0.25) is 4.79 Å². The summed E-state index contributed by atoms with van der Waals surface area (Å²) in [6.07, 6.45) is -1.45. The van der Waals surface area contributed by atoms with Crippen molar-refractivity contribution in [3.05, 3.63) is 0 Å². The minimum atomic E-state index is -4.78. The molecule has 0 N–H and O–H groups in total. The van der Waals surface area contributed by atoms with Gasteiger partial charge in [0, 0.05) is 18.7 Å². The van der Waals surface area contributed by atoms with E-state index in [4.69, 9.17) is 4.74 Å². The Morgan fingerprint density at radius 2 is 2.00 bits per heavy atom. The lowest BCUT2D eigenvalue weighted by molar-refractivity contribution is -0.233. The molecule has 4 rings (SSSR count). The van der Waals surface area contributed by atoms with Gasteiger partial charge in [-0.05, 0) is 44.9 Å². The Kier molecular flexibility index (Phi) is 2.54. The minimum absolute atomic E-state index is 0.317. The van der Waals surface area contributed by atoms with Crippen molar-refractivity contribution in [1.82, 2.24) is 4.90 Å². The number of methoxy groups -OCH3 is 1. The lowest BCUT2D eigenvalue weighted by Gasteiger charge is -2.65. The van der Waals surface area contributed by atoms with Crippen molar-refractivity contribution in [1.29, 1.82) is 0 Å². The van der Waals surface area contributed by atoms with Gasteiger partial charge in [-0.25, -0.2) is 0 Å². The molecular weight excluding hydrogens is 259 g/mol. The van der Waals surface area contributed by atoms with E-state index in [9.17, 15) is 18.0 Å². The van der Waals surface area contributed by atoms with E-state index < -0.39 is 17.6 Å². The molecular formula is C13H18F3NO2. The molecule has 2 aliphatic carbocycles. The Hall–Kier alpha value is -0.780. The third kappa shape index (κ3) is 1.79. The summed E-state index contributed by atoms with van der Waals surface area (Å²) in [7, 11) is 1.63. The van der Waals surface area contributed by atoms with Gasteiger partial charge in [-0.2, -0.15) is 13.2 Å². The highest BCUT2D eigenvalue weighted by Crippen LogP contribution is 2.58. The largest absolute Gasteiger partial charge is 0.471 e. The minimum Gasteiger partial charge on any atom is -0.378 e. The summed E-state index contributed by atoms with van der Waals surface area (Å²) in [5.41, 5.74) is -1.02. The summed E-state index contributed by atoms with van der Waals surface area (Å²) < 4.78 is 43.9. The molecule has 4 bridgehead atoms. The van der Waals surface area contributed by atoms with Gasteiger partial charge in [-0.1, -0.05) is 0 Å². The molecule has 0 aromatic rings. The topological polar surface area (TPSA) is 29.5 Å². The van der Waals surface area contributed by atoms with Crippen LogP contribution in [0.15, 0.2) is 0 Å². The van der Waals surface area contributed by atoms with Crippen LogP contribution in [0.5, 0.6) is 0 Å². The number of nitrogens with zero attached hydrogens (tertiary/aromatic N) is 1. The molecule has 3 nitrogen and oxygen atoms in total. The predicted octanol–water partition coefficient (Wildman–Crippen LogP) is 2.50. The first-order valence-electron chi connectivity index (χ1n) is 6.65. The number of halogens is 3. The second kappa shape index (κ2) is 3.65. The lowest BCUT2D eigenvalue weighted by atomic mass is 9.56.